The van der Waals surface area contributed by atoms with Gasteiger partial charge in [0.2, 0.25) is 0 Å². The zero-order chi connectivity index (χ0) is 14.8. The smallest absolute Gasteiger partial charge is 0.306 e. The summed E-state index contributed by atoms with van der Waals surface area (Å²) in [6.45, 7) is 0. The maximum Gasteiger partial charge on any atom is 0.306 e. The fraction of sp³-hybridized carbons (Fsp3) is 0.312. The number of carboxylic acids is 1. The molecule has 0 fully saturated rings. The van der Waals surface area contributed by atoms with Crippen molar-refractivity contribution in [3.63, 3.8) is 0 Å². The molecule has 0 radical (unpaired) electrons. The van der Waals surface area contributed by atoms with Crippen molar-refractivity contribution in [2.75, 3.05) is 7.11 Å². The first-order chi connectivity index (χ1) is 10.2. The van der Waals surface area contributed by atoms with Gasteiger partial charge in [0.15, 0.2) is 5.82 Å². The first-order valence-electron chi connectivity index (χ1n) is 6.90. The molecule has 1 unspecified atom stereocenters. The van der Waals surface area contributed by atoms with Crippen molar-refractivity contribution < 1.29 is 14.6 Å². The van der Waals surface area contributed by atoms with Gasteiger partial charge >= 0.3 is 5.97 Å². The van der Waals surface area contributed by atoms with E-state index in [4.69, 9.17) is 9.84 Å². The lowest BCUT2D eigenvalue weighted by Crippen LogP contribution is -2.23. The van der Waals surface area contributed by atoms with Gasteiger partial charge in [0, 0.05) is 11.9 Å². The highest BCUT2D eigenvalue weighted by atomic mass is 16.5. The van der Waals surface area contributed by atoms with E-state index in [1.165, 1.54) is 0 Å². The van der Waals surface area contributed by atoms with E-state index in [-0.39, 0.29) is 5.92 Å². The summed E-state index contributed by atoms with van der Waals surface area (Å²) in [5.41, 5.74) is 2.74. The molecule has 1 aliphatic carbocycles. The third kappa shape index (κ3) is 2.59. The van der Waals surface area contributed by atoms with Crippen molar-refractivity contribution in [3.8, 4) is 17.1 Å². The molecule has 5 nitrogen and oxygen atoms in total. The average Bonchev–Trinajstić information content (AvgIpc) is 2.53. The Balaban J connectivity index is 1.96. The lowest BCUT2D eigenvalue weighted by atomic mass is 9.87. The van der Waals surface area contributed by atoms with Gasteiger partial charge in [-0.1, -0.05) is 12.1 Å². The van der Waals surface area contributed by atoms with Crippen LogP contribution in [0, 0.1) is 5.92 Å². The molecule has 5 heteroatoms. The van der Waals surface area contributed by atoms with Gasteiger partial charge in [-0.15, -0.1) is 0 Å². The standard InChI is InChI=1S/C16H16N2O3/c1-21-14-5-3-2-4-12(14)15-17-9-11-8-10(16(19)20)6-7-13(11)18-15/h2-5,9-10H,6-8H2,1H3,(H,19,20). The number of aryl methyl sites for hydroxylation is 1. The Bertz CT molecular complexity index is 685. The predicted molar refractivity (Wildman–Crippen MR) is 77.2 cm³/mol. The number of nitrogens with zero attached hydrogens (tertiary/aromatic N) is 2. The fourth-order valence-electron chi connectivity index (χ4n) is 2.68. The van der Waals surface area contributed by atoms with Gasteiger partial charge in [-0.25, -0.2) is 9.97 Å². The number of carbonyl (C=O) groups is 1. The second-order valence-corrected chi connectivity index (χ2v) is 5.14. The van der Waals surface area contributed by atoms with Crippen LogP contribution in [0.4, 0.5) is 0 Å². The summed E-state index contributed by atoms with van der Waals surface area (Å²) in [5.74, 6) is 0.296. The Labute approximate surface area is 122 Å². The van der Waals surface area contributed by atoms with Crippen LogP contribution in [0.1, 0.15) is 17.7 Å². The van der Waals surface area contributed by atoms with Gasteiger partial charge in [-0.2, -0.15) is 0 Å². The molecule has 21 heavy (non-hydrogen) atoms. The summed E-state index contributed by atoms with van der Waals surface area (Å²) in [6.07, 6.45) is 3.57. The normalized spacial score (nSPS) is 17.1. The molecule has 1 aromatic heterocycles. The van der Waals surface area contributed by atoms with Crippen LogP contribution in [-0.4, -0.2) is 28.2 Å². The topological polar surface area (TPSA) is 72.3 Å². The van der Waals surface area contributed by atoms with Crippen molar-refractivity contribution in [3.05, 3.63) is 41.7 Å². The monoisotopic (exact) mass is 284 g/mol. The number of rotatable bonds is 3. The largest absolute Gasteiger partial charge is 0.496 e. The van der Waals surface area contributed by atoms with E-state index in [9.17, 15) is 4.79 Å². The van der Waals surface area contributed by atoms with Crippen LogP contribution in [0.3, 0.4) is 0 Å². The Morgan fingerprint density at radius 2 is 2.19 bits per heavy atom. The van der Waals surface area contributed by atoms with E-state index in [0.717, 1.165) is 22.6 Å². The molecule has 1 aromatic carbocycles. The highest BCUT2D eigenvalue weighted by Crippen LogP contribution is 2.30. The number of benzene rings is 1. The number of aromatic nitrogens is 2. The summed E-state index contributed by atoms with van der Waals surface area (Å²) in [7, 11) is 1.62. The van der Waals surface area contributed by atoms with E-state index >= 15 is 0 Å². The van der Waals surface area contributed by atoms with Crippen LogP contribution in [0.15, 0.2) is 30.5 Å². The maximum atomic E-state index is 11.1. The van der Waals surface area contributed by atoms with Crippen molar-refractivity contribution in [1.29, 1.82) is 0 Å². The molecule has 1 aliphatic rings. The van der Waals surface area contributed by atoms with Crippen LogP contribution >= 0.6 is 0 Å². The fourth-order valence-corrected chi connectivity index (χ4v) is 2.68. The summed E-state index contributed by atoms with van der Waals surface area (Å²) in [4.78, 5) is 20.1. The van der Waals surface area contributed by atoms with E-state index in [0.29, 0.717) is 25.1 Å². The number of hydrogen-bond acceptors (Lipinski definition) is 4. The third-order valence-electron chi connectivity index (χ3n) is 3.85. The van der Waals surface area contributed by atoms with Gasteiger partial charge in [0.05, 0.1) is 18.6 Å². The zero-order valence-corrected chi connectivity index (χ0v) is 11.7. The van der Waals surface area contributed by atoms with Gasteiger partial charge < -0.3 is 9.84 Å². The molecule has 1 N–H and O–H groups in total. The van der Waals surface area contributed by atoms with Crippen LogP contribution in [0.5, 0.6) is 5.75 Å². The Kier molecular flexibility index (Phi) is 3.56. The van der Waals surface area contributed by atoms with Crippen LogP contribution < -0.4 is 4.74 Å². The van der Waals surface area contributed by atoms with E-state index in [1.54, 1.807) is 13.3 Å². The molecule has 0 saturated heterocycles. The molecule has 1 atom stereocenters. The number of hydrogen-bond donors (Lipinski definition) is 1. The Morgan fingerprint density at radius 1 is 1.38 bits per heavy atom. The molecule has 108 valence electrons. The van der Waals surface area contributed by atoms with E-state index in [1.807, 2.05) is 24.3 Å². The lowest BCUT2D eigenvalue weighted by molar-refractivity contribution is -0.142. The number of ether oxygens (including phenoxy) is 1. The molecule has 3 rings (SSSR count). The molecule has 0 amide bonds. The number of para-hydroxylation sites is 1. The van der Waals surface area contributed by atoms with Gasteiger partial charge in [0.1, 0.15) is 5.75 Å². The number of aliphatic carboxylic acids is 1. The lowest BCUT2D eigenvalue weighted by Gasteiger charge is -2.20. The number of fused-ring (bicyclic) bond motifs is 1. The molecule has 0 aliphatic heterocycles. The van der Waals surface area contributed by atoms with Crippen LogP contribution in [-0.2, 0) is 17.6 Å². The summed E-state index contributed by atoms with van der Waals surface area (Å²) < 4.78 is 5.33. The van der Waals surface area contributed by atoms with Gasteiger partial charge in [-0.3, -0.25) is 4.79 Å². The number of carboxylic acid groups (broad SMARTS) is 1. The second kappa shape index (κ2) is 5.52. The molecule has 0 bridgehead atoms. The van der Waals surface area contributed by atoms with Gasteiger partial charge in [-0.05, 0) is 37.0 Å². The van der Waals surface area contributed by atoms with Crippen LogP contribution in [0.2, 0.25) is 0 Å². The summed E-state index contributed by atoms with van der Waals surface area (Å²) in [6, 6.07) is 7.61. The second-order valence-electron chi connectivity index (χ2n) is 5.14. The maximum absolute atomic E-state index is 11.1. The molecule has 0 spiro atoms. The minimum Gasteiger partial charge on any atom is -0.496 e. The van der Waals surface area contributed by atoms with Crippen molar-refractivity contribution in [1.82, 2.24) is 9.97 Å². The highest BCUT2D eigenvalue weighted by Gasteiger charge is 2.25. The predicted octanol–water partition coefficient (Wildman–Crippen LogP) is 2.34. The van der Waals surface area contributed by atoms with Crippen molar-refractivity contribution >= 4 is 5.97 Å². The van der Waals surface area contributed by atoms with Crippen molar-refractivity contribution in [2.45, 2.75) is 19.3 Å². The number of methoxy groups -OCH3 is 1. The SMILES string of the molecule is COc1ccccc1-c1ncc2c(n1)CCC(C(=O)O)C2. The average molecular weight is 284 g/mol. The highest BCUT2D eigenvalue weighted by molar-refractivity contribution is 5.71. The first-order valence-corrected chi connectivity index (χ1v) is 6.90. The van der Waals surface area contributed by atoms with E-state index in [2.05, 4.69) is 9.97 Å². The zero-order valence-electron chi connectivity index (χ0n) is 11.7. The molecular weight excluding hydrogens is 268 g/mol. The molecule has 1 heterocycles. The van der Waals surface area contributed by atoms with Gasteiger partial charge in [0.25, 0.3) is 0 Å². The minimum atomic E-state index is -0.741. The van der Waals surface area contributed by atoms with Crippen molar-refractivity contribution in [2.24, 2.45) is 5.92 Å². The molecule has 2 aromatic rings. The summed E-state index contributed by atoms with van der Waals surface area (Å²) >= 11 is 0. The first kappa shape index (κ1) is 13.5. The summed E-state index contributed by atoms with van der Waals surface area (Å²) in [5, 5.41) is 9.11. The molecular formula is C16H16N2O3. The Morgan fingerprint density at radius 3 is 2.95 bits per heavy atom. The minimum absolute atomic E-state index is 0.321. The van der Waals surface area contributed by atoms with E-state index < -0.39 is 5.97 Å². The molecule has 0 saturated carbocycles. The third-order valence-corrected chi connectivity index (χ3v) is 3.85. The van der Waals surface area contributed by atoms with Crippen LogP contribution in [0.25, 0.3) is 11.4 Å². The Hall–Kier alpha value is -2.43. The quantitative estimate of drug-likeness (QED) is 0.936.